The summed E-state index contributed by atoms with van der Waals surface area (Å²) in [6.07, 6.45) is 5.95. The lowest BCUT2D eigenvalue weighted by Crippen LogP contribution is -2.30. The van der Waals surface area contributed by atoms with Crippen molar-refractivity contribution in [1.29, 1.82) is 0 Å². The van der Waals surface area contributed by atoms with Gasteiger partial charge in [0.25, 0.3) is 0 Å². The molecule has 7 heteroatoms. The summed E-state index contributed by atoms with van der Waals surface area (Å²) < 4.78 is 29.0. The van der Waals surface area contributed by atoms with Gasteiger partial charge in [-0.25, -0.2) is 8.42 Å². The fraction of sp³-hybridized carbons (Fsp3) is 0.786. The lowest BCUT2D eigenvalue weighted by molar-refractivity contribution is 0.0553. The molecule has 2 aliphatic heterocycles. The topological polar surface area (TPSA) is 75.3 Å². The molecule has 6 nitrogen and oxygen atoms in total. The van der Waals surface area contributed by atoms with Crippen LogP contribution in [0.15, 0.2) is 11.1 Å². The predicted molar refractivity (Wildman–Crippen MR) is 79.0 cm³/mol. The van der Waals surface area contributed by atoms with Crippen molar-refractivity contribution in [3.05, 3.63) is 11.9 Å². The molecular formula is C14H23N3O3S. The first-order chi connectivity index (χ1) is 10.0. The number of aromatic amines is 1. The summed E-state index contributed by atoms with van der Waals surface area (Å²) in [6.45, 7) is 4.80. The van der Waals surface area contributed by atoms with Gasteiger partial charge in [0.2, 0.25) is 0 Å². The Morgan fingerprint density at radius 3 is 2.86 bits per heavy atom. The third kappa shape index (κ3) is 3.46. The molecular weight excluding hydrogens is 290 g/mol. The summed E-state index contributed by atoms with van der Waals surface area (Å²) in [7, 11) is -3.20. The Labute approximate surface area is 125 Å². The maximum absolute atomic E-state index is 11.8. The molecule has 0 radical (unpaired) electrons. The molecule has 3 heterocycles. The number of H-pyrrole nitrogens is 1. The van der Waals surface area contributed by atoms with Gasteiger partial charge in [0.15, 0.2) is 9.84 Å². The molecule has 0 aromatic carbocycles. The number of nitrogens with zero attached hydrogens (tertiary/aromatic N) is 2. The van der Waals surface area contributed by atoms with Crippen LogP contribution in [0.5, 0.6) is 0 Å². The third-order valence-electron chi connectivity index (χ3n) is 4.57. The molecule has 3 rings (SSSR count). The van der Waals surface area contributed by atoms with Crippen LogP contribution in [-0.2, 0) is 14.6 Å². The molecule has 118 valence electrons. The highest BCUT2D eigenvalue weighted by Gasteiger charge is 2.30. The van der Waals surface area contributed by atoms with Crippen molar-refractivity contribution < 1.29 is 13.2 Å². The normalized spacial score (nSPS) is 25.5. The molecule has 2 fully saturated rings. The van der Waals surface area contributed by atoms with Crippen molar-refractivity contribution >= 4 is 9.84 Å². The fourth-order valence-electron chi connectivity index (χ4n) is 3.40. The van der Waals surface area contributed by atoms with E-state index in [-0.39, 0.29) is 5.92 Å². The van der Waals surface area contributed by atoms with Gasteiger partial charge >= 0.3 is 0 Å². The molecule has 1 atom stereocenters. The first kappa shape index (κ1) is 15.0. The van der Waals surface area contributed by atoms with E-state index in [4.69, 9.17) is 4.74 Å². The van der Waals surface area contributed by atoms with Crippen molar-refractivity contribution in [1.82, 2.24) is 15.1 Å². The molecule has 1 N–H and O–H groups in total. The van der Waals surface area contributed by atoms with Crippen molar-refractivity contribution in [2.75, 3.05) is 39.1 Å². The number of hydrogen-bond donors (Lipinski definition) is 1. The van der Waals surface area contributed by atoms with E-state index in [2.05, 4.69) is 15.1 Å². The molecule has 21 heavy (non-hydrogen) atoms. The zero-order valence-electron chi connectivity index (χ0n) is 12.4. The molecule has 0 bridgehead atoms. The van der Waals surface area contributed by atoms with E-state index in [0.29, 0.717) is 10.8 Å². The molecule has 2 saturated heterocycles. The van der Waals surface area contributed by atoms with Gasteiger partial charge in [-0.2, -0.15) is 5.10 Å². The molecule has 1 aromatic rings. The Morgan fingerprint density at radius 2 is 2.14 bits per heavy atom. The van der Waals surface area contributed by atoms with Gasteiger partial charge in [-0.15, -0.1) is 0 Å². The highest BCUT2D eigenvalue weighted by Crippen LogP contribution is 2.31. The SMILES string of the molecule is CS(=O)(=O)c1cn[nH]c1[C@@H]1CCN(CC2CCOCC2)C1. The lowest BCUT2D eigenvalue weighted by Gasteiger charge is -2.26. The maximum atomic E-state index is 11.8. The second kappa shape index (κ2) is 6.06. The summed E-state index contributed by atoms with van der Waals surface area (Å²) in [5.41, 5.74) is 0.784. The van der Waals surface area contributed by atoms with Crippen molar-refractivity contribution in [2.24, 2.45) is 5.92 Å². The Bertz CT molecular complexity index is 578. The standard InChI is InChI=1S/C14H23N3O3S/c1-21(18,19)13-8-15-16-14(13)12-2-5-17(10-12)9-11-3-6-20-7-4-11/h8,11-12H,2-7,9-10H2,1H3,(H,15,16)/t12-/m1/s1. The minimum atomic E-state index is -3.20. The van der Waals surface area contributed by atoms with E-state index in [0.717, 1.165) is 57.8 Å². The van der Waals surface area contributed by atoms with E-state index < -0.39 is 9.84 Å². The van der Waals surface area contributed by atoms with E-state index >= 15 is 0 Å². The zero-order chi connectivity index (χ0) is 14.9. The average molecular weight is 313 g/mol. The predicted octanol–water partition coefficient (Wildman–Crippen LogP) is 1.03. The number of aromatic nitrogens is 2. The Morgan fingerprint density at radius 1 is 1.38 bits per heavy atom. The van der Waals surface area contributed by atoms with E-state index in [1.807, 2.05) is 0 Å². The number of rotatable bonds is 4. The Kier molecular flexibility index (Phi) is 4.33. The first-order valence-corrected chi connectivity index (χ1v) is 9.46. The second-order valence-electron chi connectivity index (χ2n) is 6.22. The summed E-state index contributed by atoms with van der Waals surface area (Å²) in [5.74, 6) is 0.964. The summed E-state index contributed by atoms with van der Waals surface area (Å²) >= 11 is 0. The monoisotopic (exact) mass is 313 g/mol. The van der Waals surface area contributed by atoms with Gasteiger partial charge in [0.05, 0.1) is 11.9 Å². The largest absolute Gasteiger partial charge is 0.381 e. The van der Waals surface area contributed by atoms with Crippen LogP contribution >= 0.6 is 0 Å². The minimum absolute atomic E-state index is 0.247. The third-order valence-corrected chi connectivity index (χ3v) is 5.69. The smallest absolute Gasteiger partial charge is 0.178 e. The molecule has 0 unspecified atom stereocenters. The summed E-state index contributed by atoms with van der Waals surface area (Å²) in [6, 6.07) is 0. The number of sulfone groups is 1. The number of hydrogen-bond acceptors (Lipinski definition) is 5. The molecule has 0 saturated carbocycles. The van der Waals surface area contributed by atoms with Gasteiger partial charge in [-0.1, -0.05) is 0 Å². The van der Waals surface area contributed by atoms with Crippen LogP contribution in [0.3, 0.4) is 0 Å². The highest BCUT2D eigenvalue weighted by atomic mass is 32.2. The van der Waals surface area contributed by atoms with E-state index in [1.165, 1.54) is 12.5 Å². The van der Waals surface area contributed by atoms with Crippen LogP contribution in [-0.4, -0.2) is 62.6 Å². The van der Waals surface area contributed by atoms with Crippen LogP contribution in [0, 0.1) is 5.92 Å². The van der Waals surface area contributed by atoms with Gasteiger partial charge in [0.1, 0.15) is 4.90 Å². The number of nitrogens with one attached hydrogen (secondary N) is 1. The van der Waals surface area contributed by atoms with Crippen LogP contribution in [0.2, 0.25) is 0 Å². The van der Waals surface area contributed by atoms with Crippen LogP contribution in [0.4, 0.5) is 0 Å². The van der Waals surface area contributed by atoms with Crippen molar-refractivity contribution in [3.63, 3.8) is 0 Å². The quantitative estimate of drug-likeness (QED) is 0.898. The molecule has 2 aliphatic rings. The van der Waals surface area contributed by atoms with E-state index in [9.17, 15) is 8.42 Å². The first-order valence-electron chi connectivity index (χ1n) is 7.57. The zero-order valence-corrected chi connectivity index (χ0v) is 13.2. The number of ether oxygens (including phenoxy) is 1. The highest BCUT2D eigenvalue weighted by molar-refractivity contribution is 7.90. The van der Waals surface area contributed by atoms with Crippen molar-refractivity contribution in [3.8, 4) is 0 Å². The summed E-state index contributed by atoms with van der Waals surface area (Å²) in [5, 5.41) is 6.84. The summed E-state index contributed by atoms with van der Waals surface area (Å²) in [4.78, 5) is 2.81. The minimum Gasteiger partial charge on any atom is -0.381 e. The maximum Gasteiger partial charge on any atom is 0.178 e. The van der Waals surface area contributed by atoms with Gasteiger partial charge in [0, 0.05) is 38.5 Å². The van der Waals surface area contributed by atoms with Gasteiger partial charge in [-0.3, -0.25) is 5.10 Å². The Balaban J connectivity index is 1.63. The van der Waals surface area contributed by atoms with Crippen LogP contribution in [0.25, 0.3) is 0 Å². The van der Waals surface area contributed by atoms with Crippen LogP contribution in [0.1, 0.15) is 30.9 Å². The number of likely N-dealkylation sites (tertiary alicyclic amines) is 1. The average Bonchev–Trinajstić information content (AvgIpc) is 3.07. The van der Waals surface area contributed by atoms with Crippen molar-refractivity contribution in [2.45, 2.75) is 30.1 Å². The van der Waals surface area contributed by atoms with Gasteiger partial charge < -0.3 is 9.64 Å². The Hall–Kier alpha value is -0.920. The molecule has 1 aromatic heterocycles. The van der Waals surface area contributed by atoms with Gasteiger partial charge in [-0.05, 0) is 31.7 Å². The molecule has 0 spiro atoms. The van der Waals surface area contributed by atoms with E-state index in [1.54, 1.807) is 0 Å². The fourth-order valence-corrected chi connectivity index (χ4v) is 4.26. The molecule has 0 amide bonds. The van der Waals surface area contributed by atoms with Crippen LogP contribution < -0.4 is 0 Å². The second-order valence-corrected chi connectivity index (χ2v) is 8.21. The lowest BCUT2D eigenvalue weighted by atomic mass is 10.00. The molecule has 0 aliphatic carbocycles.